The second kappa shape index (κ2) is 6.59. The van der Waals surface area contributed by atoms with Gasteiger partial charge in [0.1, 0.15) is 10.7 Å². The molecule has 0 aliphatic carbocycles. The number of rotatable bonds is 5. The zero-order valence-corrected chi connectivity index (χ0v) is 13.3. The van der Waals surface area contributed by atoms with Crippen molar-refractivity contribution in [1.29, 1.82) is 0 Å². The molecule has 0 aromatic heterocycles. The van der Waals surface area contributed by atoms with Crippen molar-refractivity contribution in [1.82, 2.24) is 0 Å². The Bertz CT molecular complexity index is 636. The van der Waals surface area contributed by atoms with Crippen molar-refractivity contribution in [3.05, 3.63) is 53.6 Å². The summed E-state index contributed by atoms with van der Waals surface area (Å²) >= 11 is 5.10. The molecule has 0 saturated heterocycles. The summed E-state index contributed by atoms with van der Waals surface area (Å²) in [6.45, 7) is 6.05. The molecule has 21 heavy (non-hydrogen) atoms. The highest BCUT2D eigenvalue weighted by molar-refractivity contribution is 7.80. The van der Waals surface area contributed by atoms with E-state index in [2.05, 4.69) is 5.32 Å². The lowest BCUT2D eigenvalue weighted by Crippen LogP contribution is -2.12. The van der Waals surface area contributed by atoms with Crippen LogP contribution in [0.1, 0.15) is 25.0 Å². The SMILES string of the molecule is Cc1ccc(C(N)=S)c(Nc2ccc(OC(C)C)cc2)c1. The summed E-state index contributed by atoms with van der Waals surface area (Å²) in [5.74, 6) is 0.856. The topological polar surface area (TPSA) is 47.3 Å². The summed E-state index contributed by atoms with van der Waals surface area (Å²) in [5, 5.41) is 3.35. The summed E-state index contributed by atoms with van der Waals surface area (Å²) in [6.07, 6.45) is 0.168. The van der Waals surface area contributed by atoms with E-state index in [0.29, 0.717) is 4.99 Å². The van der Waals surface area contributed by atoms with Crippen LogP contribution in [0.2, 0.25) is 0 Å². The molecule has 0 radical (unpaired) electrons. The number of aryl methyl sites for hydroxylation is 1. The van der Waals surface area contributed by atoms with Gasteiger partial charge in [-0.15, -0.1) is 0 Å². The van der Waals surface area contributed by atoms with Gasteiger partial charge in [0.2, 0.25) is 0 Å². The predicted octanol–water partition coefficient (Wildman–Crippen LogP) is 4.16. The van der Waals surface area contributed by atoms with Crippen molar-refractivity contribution in [2.75, 3.05) is 5.32 Å². The highest BCUT2D eigenvalue weighted by Crippen LogP contribution is 2.24. The van der Waals surface area contributed by atoms with Gasteiger partial charge in [-0.3, -0.25) is 0 Å². The Morgan fingerprint density at radius 2 is 1.81 bits per heavy atom. The second-order valence-corrected chi connectivity index (χ2v) is 5.67. The summed E-state index contributed by atoms with van der Waals surface area (Å²) in [5.41, 5.74) is 9.65. The fourth-order valence-corrected chi connectivity index (χ4v) is 2.20. The molecule has 3 nitrogen and oxygen atoms in total. The first-order valence-corrected chi connectivity index (χ1v) is 7.30. The maximum absolute atomic E-state index is 5.77. The summed E-state index contributed by atoms with van der Waals surface area (Å²) in [7, 11) is 0. The predicted molar refractivity (Wildman–Crippen MR) is 92.6 cm³/mol. The highest BCUT2D eigenvalue weighted by atomic mass is 32.1. The maximum atomic E-state index is 5.77. The molecule has 0 atom stereocenters. The van der Waals surface area contributed by atoms with Crippen molar-refractivity contribution < 1.29 is 4.74 Å². The van der Waals surface area contributed by atoms with Gasteiger partial charge in [0.25, 0.3) is 0 Å². The Hall–Kier alpha value is -2.07. The van der Waals surface area contributed by atoms with Gasteiger partial charge in [-0.2, -0.15) is 0 Å². The lowest BCUT2D eigenvalue weighted by atomic mass is 10.1. The van der Waals surface area contributed by atoms with E-state index >= 15 is 0 Å². The summed E-state index contributed by atoms with van der Waals surface area (Å²) in [6, 6.07) is 13.8. The minimum absolute atomic E-state index is 0.168. The van der Waals surface area contributed by atoms with Crippen molar-refractivity contribution in [3.8, 4) is 5.75 Å². The second-order valence-electron chi connectivity index (χ2n) is 5.23. The molecular formula is C17H20N2OS. The monoisotopic (exact) mass is 300 g/mol. The average molecular weight is 300 g/mol. The van der Waals surface area contributed by atoms with Crippen molar-refractivity contribution in [2.24, 2.45) is 5.73 Å². The van der Waals surface area contributed by atoms with Crippen LogP contribution in [0.15, 0.2) is 42.5 Å². The van der Waals surface area contributed by atoms with Crippen LogP contribution in [-0.4, -0.2) is 11.1 Å². The number of benzene rings is 2. The van der Waals surface area contributed by atoms with Crippen molar-refractivity contribution in [2.45, 2.75) is 26.9 Å². The van der Waals surface area contributed by atoms with Crippen LogP contribution in [0.5, 0.6) is 5.75 Å². The summed E-state index contributed by atoms with van der Waals surface area (Å²) in [4.78, 5) is 0.386. The summed E-state index contributed by atoms with van der Waals surface area (Å²) < 4.78 is 5.63. The van der Waals surface area contributed by atoms with E-state index in [9.17, 15) is 0 Å². The number of hydrogen-bond donors (Lipinski definition) is 2. The molecule has 2 aromatic carbocycles. The third kappa shape index (κ3) is 4.20. The van der Waals surface area contributed by atoms with E-state index in [0.717, 1.165) is 28.3 Å². The van der Waals surface area contributed by atoms with Gasteiger partial charge in [0.15, 0.2) is 0 Å². The Morgan fingerprint density at radius 3 is 2.38 bits per heavy atom. The van der Waals surface area contributed by atoms with E-state index in [4.69, 9.17) is 22.7 Å². The van der Waals surface area contributed by atoms with Crippen LogP contribution in [0.25, 0.3) is 0 Å². The van der Waals surface area contributed by atoms with Gasteiger partial charge in [0, 0.05) is 16.9 Å². The van der Waals surface area contributed by atoms with Gasteiger partial charge in [0.05, 0.1) is 6.10 Å². The van der Waals surface area contributed by atoms with Gasteiger partial charge >= 0.3 is 0 Å². The number of nitrogens with two attached hydrogens (primary N) is 1. The molecule has 0 bridgehead atoms. The largest absolute Gasteiger partial charge is 0.491 e. The molecule has 110 valence electrons. The minimum atomic E-state index is 0.168. The zero-order chi connectivity index (χ0) is 15.4. The molecule has 0 amide bonds. The first-order valence-electron chi connectivity index (χ1n) is 6.90. The Labute approximate surface area is 131 Å². The van der Waals surface area contributed by atoms with Crippen LogP contribution in [-0.2, 0) is 0 Å². The normalized spacial score (nSPS) is 10.5. The molecule has 3 N–H and O–H groups in total. The van der Waals surface area contributed by atoms with E-state index in [1.807, 2.05) is 63.2 Å². The molecule has 0 aliphatic heterocycles. The van der Waals surface area contributed by atoms with Crippen LogP contribution < -0.4 is 15.8 Å². The fourth-order valence-electron chi connectivity index (χ4n) is 2.02. The third-order valence-electron chi connectivity index (χ3n) is 2.95. The number of hydrogen-bond acceptors (Lipinski definition) is 3. The van der Waals surface area contributed by atoms with Gasteiger partial charge in [-0.05, 0) is 62.7 Å². The standard InChI is InChI=1S/C17H20N2OS/c1-11(2)20-14-7-5-13(6-8-14)19-16-10-12(3)4-9-15(16)17(18)21/h4-11,19H,1-3H3,(H2,18,21). The molecule has 0 heterocycles. The third-order valence-corrected chi connectivity index (χ3v) is 3.17. The van der Waals surface area contributed by atoms with Gasteiger partial charge < -0.3 is 15.8 Å². The molecule has 0 aliphatic rings. The van der Waals surface area contributed by atoms with Crippen LogP contribution in [0, 0.1) is 6.92 Å². The number of nitrogens with one attached hydrogen (secondary N) is 1. The van der Waals surface area contributed by atoms with E-state index < -0.39 is 0 Å². The van der Waals surface area contributed by atoms with Gasteiger partial charge in [-0.25, -0.2) is 0 Å². The maximum Gasteiger partial charge on any atom is 0.119 e. The molecule has 0 saturated carbocycles. The van der Waals surface area contributed by atoms with E-state index in [-0.39, 0.29) is 6.10 Å². The Morgan fingerprint density at radius 1 is 1.14 bits per heavy atom. The smallest absolute Gasteiger partial charge is 0.119 e. The first kappa shape index (κ1) is 15.3. The Balaban J connectivity index is 2.22. The van der Waals surface area contributed by atoms with E-state index in [1.54, 1.807) is 0 Å². The zero-order valence-electron chi connectivity index (χ0n) is 12.5. The molecule has 0 fully saturated rings. The van der Waals surface area contributed by atoms with Crippen molar-refractivity contribution >= 4 is 28.6 Å². The minimum Gasteiger partial charge on any atom is -0.491 e. The molecule has 0 spiro atoms. The average Bonchev–Trinajstić information content (AvgIpc) is 2.40. The highest BCUT2D eigenvalue weighted by Gasteiger charge is 2.06. The van der Waals surface area contributed by atoms with E-state index in [1.165, 1.54) is 0 Å². The van der Waals surface area contributed by atoms with Crippen LogP contribution in [0.3, 0.4) is 0 Å². The number of ether oxygens (including phenoxy) is 1. The molecule has 2 rings (SSSR count). The number of thiocarbonyl (C=S) groups is 1. The number of anilines is 2. The molecular weight excluding hydrogens is 280 g/mol. The lowest BCUT2D eigenvalue weighted by Gasteiger charge is -2.14. The van der Waals surface area contributed by atoms with Crippen LogP contribution in [0.4, 0.5) is 11.4 Å². The molecule has 0 unspecified atom stereocenters. The fraction of sp³-hybridized carbons (Fsp3) is 0.235. The lowest BCUT2D eigenvalue weighted by molar-refractivity contribution is 0.242. The Kier molecular flexibility index (Phi) is 4.81. The van der Waals surface area contributed by atoms with Gasteiger partial charge in [-0.1, -0.05) is 18.3 Å². The first-order chi connectivity index (χ1) is 9.95. The van der Waals surface area contributed by atoms with Crippen molar-refractivity contribution in [3.63, 3.8) is 0 Å². The van der Waals surface area contributed by atoms with Crippen LogP contribution >= 0.6 is 12.2 Å². The molecule has 4 heteroatoms. The molecule has 2 aromatic rings. The quantitative estimate of drug-likeness (QED) is 0.814.